The molecule has 0 aliphatic heterocycles. The van der Waals surface area contributed by atoms with Gasteiger partial charge in [-0.05, 0) is 128 Å². The maximum atomic E-state index is 2.47. The van der Waals surface area contributed by atoms with Crippen LogP contribution in [0.15, 0.2) is 78.9 Å². The van der Waals surface area contributed by atoms with E-state index < -0.39 is 0 Å². The van der Waals surface area contributed by atoms with Gasteiger partial charge in [0.05, 0.1) is 0 Å². The predicted octanol–water partition coefficient (Wildman–Crippen LogP) is 10.2. The number of allylic oxidation sites excluding steroid dienone is 2. The Morgan fingerprint density at radius 3 is 2.14 bits per heavy atom. The Kier molecular flexibility index (Phi) is 8.42. The van der Waals surface area contributed by atoms with Gasteiger partial charge in [-0.3, -0.25) is 0 Å². The van der Waals surface area contributed by atoms with Crippen molar-refractivity contribution in [3.63, 3.8) is 0 Å². The van der Waals surface area contributed by atoms with E-state index in [4.69, 9.17) is 0 Å². The van der Waals surface area contributed by atoms with Crippen LogP contribution in [0.5, 0.6) is 0 Å². The van der Waals surface area contributed by atoms with Crippen LogP contribution in [0.3, 0.4) is 0 Å². The number of hydrogen-bond acceptors (Lipinski definition) is 0. The molecule has 188 valence electrons. The second-order valence-electron chi connectivity index (χ2n) is 11.4. The Morgan fingerprint density at radius 2 is 1.42 bits per heavy atom. The van der Waals surface area contributed by atoms with Crippen molar-refractivity contribution in [3.05, 3.63) is 107 Å². The summed E-state index contributed by atoms with van der Waals surface area (Å²) in [6.07, 6.45) is 18.7. The molecule has 0 saturated heterocycles. The molecule has 0 bridgehead atoms. The first kappa shape index (κ1) is 25.1. The summed E-state index contributed by atoms with van der Waals surface area (Å²) in [6, 6.07) is 26.3. The molecule has 2 aliphatic rings. The second kappa shape index (κ2) is 12.1. The average molecular weight is 477 g/mol. The molecule has 5 rings (SSSR count). The van der Waals surface area contributed by atoms with Crippen LogP contribution >= 0.6 is 0 Å². The van der Waals surface area contributed by atoms with E-state index in [9.17, 15) is 0 Å². The fraction of sp³-hybridized carbons (Fsp3) is 0.444. The molecule has 2 aliphatic carbocycles. The first-order chi connectivity index (χ1) is 17.7. The number of hydrogen-bond donors (Lipinski definition) is 0. The molecule has 0 radical (unpaired) electrons. The van der Waals surface area contributed by atoms with Crippen LogP contribution in [0.2, 0.25) is 0 Å². The SMILES string of the molecule is C/C=C/CCC1CCC(c2ccc(-c3ccc4c(c3)CCC(c3ccc(CCC)cc3)C4)cc2)CC1. The van der Waals surface area contributed by atoms with E-state index in [2.05, 4.69) is 92.7 Å². The lowest BCUT2D eigenvalue weighted by Crippen LogP contribution is -2.13. The fourth-order valence-electron chi connectivity index (χ4n) is 6.70. The third-order valence-corrected chi connectivity index (χ3v) is 8.96. The van der Waals surface area contributed by atoms with Crippen molar-refractivity contribution in [2.24, 2.45) is 5.92 Å². The normalized spacial score (nSPS) is 22.0. The maximum Gasteiger partial charge on any atom is -0.0118 e. The van der Waals surface area contributed by atoms with Crippen LogP contribution in [0.25, 0.3) is 11.1 Å². The summed E-state index contributed by atoms with van der Waals surface area (Å²) in [7, 11) is 0. The standard InChI is InChI=1S/C36H44/c1-3-5-6-8-28-11-13-29(14-12-28)30-17-19-32(20-18-30)34-22-24-35-25-33(21-23-36(35)26-34)31-15-9-27(7-4-2)10-16-31/h3,5,9-10,15-20,22,24,26,28-29,33H,4,6-8,11-14,21,23,25H2,1-2H3/b5-3+. The molecule has 3 aromatic rings. The van der Waals surface area contributed by atoms with E-state index in [-0.39, 0.29) is 0 Å². The number of rotatable bonds is 8. The summed E-state index contributed by atoms with van der Waals surface area (Å²) in [5.74, 6) is 2.36. The summed E-state index contributed by atoms with van der Waals surface area (Å²) < 4.78 is 0. The predicted molar refractivity (Wildman–Crippen MR) is 156 cm³/mol. The highest BCUT2D eigenvalue weighted by atomic mass is 14.3. The van der Waals surface area contributed by atoms with Crippen molar-refractivity contribution in [3.8, 4) is 11.1 Å². The maximum absolute atomic E-state index is 2.47. The van der Waals surface area contributed by atoms with Crippen LogP contribution in [-0.4, -0.2) is 0 Å². The molecule has 3 aromatic carbocycles. The van der Waals surface area contributed by atoms with Crippen LogP contribution in [0.4, 0.5) is 0 Å². The van der Waals surface area contributed by atoms with Gasteiger partial charge in [-0.15, -0.1) is 0 Å². The Balaban J connectivity index is 1.20. The molecule has 0 spiro atoms. The molecular weight excluding hydrogens is 432 g/mol. The van der Waals surface area contributed by atoms with Crippen LogP contribution in [0, 0.1) is 5.92 Å². The van der Waals surface area contributed by atoms with Crippen molar-refractivity contribution < 1.29 is 0 Å². The zero-order valence-electron chi connectivity index (χ0n) is 22.5. The summed E-state index contributed by atoms with van der Waals surface area (Å²) in [4.78, 5) is 0. The second-order valence-corrected chi connectivity index (χ2v) is 11.4. The lowest BCUT2D eigenvalue weighted by atomic mass is 9.77. The fourth-order valence-corrected chi connectivity index (χ4v) is 6.70. The highest BCUT2D eigenvalue weighted by Crippen LogP contribution is 2.39. The first-order valence-electron chi connectivity index (χ1n) is 14.7. The van der Waals surface area contributed by atoms with Gasteiger partial charge in [0.15, 0.2) is 0 Å². The lowest BCUT2D eigenvalue weighted by molar-refractivity contribution is 0.312. The molecule has 0 amide bonds. The molecule has 0 heteroatoms. The summed E-state index contributed by atoms with van der Waals surface area (Å²) in [5, 5.41) is 0. The average Bonchev–Trinajstić information content (AvgIpc) is 2.94. The number of aryl methyl sites for hydroxylation is 2. The Labute approximate surface area is 219 Å². The van der Waals surface area contributed by atoms with Gasteiger partial charge in [0.1, 0.15) is 0 Å². The molecule has 1 atom stereocenters. The molecule has 0 aromatic heterocycles. The lowest BCUT2D eigenvalue weighted by Gasteiger charge is -2.29. The Bertz CT molecular complexity index is 1120. The van der Waals surface area contributed by atoms with Crippen LogP contribution in [0.1, 0.15) is 105 Å². The summed E-state index contributed by atoms with van der Waals surface area (Å²) in [6.45, 7) is 4.39. The largest absolute Gasteiger partial charge is 0.0917 e. The van der Waals surface area contributed by atoms with Crippen molar-refractivity contribution in [2.75, 3.05) is 0 Å². The highest BCUT2D eigenvalue weighted by molar-refractivity contribution is 5.65. The van der Waals surface area contributed by atoms with Gasteiger partial charge in [-0.2, -0.15) is 0 Å². The molecule has 0 N–H and O–H groups in total. The molecule has 1 saturated carbocycles. The number of benzene rings is 3. The third kappa shape index (κ3) is 6.03. The smallest absolute Gasteiger partial charge is 0.0118 e. The van der Waals surface area contributed by atoms with Gasteiger partial charge in [0.2, 0.25) is 0 Å². The summed E-state index contributed by atoms with van der Waals surface area (Å²) in [5.41, 5.74) is 10.4. The van der Waals surface area contributed by atoms with E-state index in [0.29, 0.717) is 5.92 Å². The monoisotopic (exact) mass is 476 g/mol. The molecule has 1 fully saturated rings. The van der Waals surface area contributed by atoms with E-state index in [1.54, 1.807) is 16.7 Å². The van der Waals surface area contributed by atoms with Gasteiger partial charge < -0.3 is 0 Å². The van der Waals surface area contributed by atoms with Gasteiger partial charge in [0.25, 0.3) is 0 Å². The zero-order chi connectivity index (χ0) is 24.7. The molecule has 1 unspecified atom stereocenters. The number of fused-ring (bicyclic) bond motifs is 1. The first-order valence-corrected chi connectivity index (χ1v) is 14.7. The molecule has 36 heavy (non-hydrogen) atoms. The molecular formula is C36H44. The Morgan fingerprint density at radius 1 is 0.722 bits per heavy atom. The molecule has 0 heterocycles. The summed E-state index contributed by atoms with van der Waals surface area (Å²) >= 11 is 0. The van der Waals surface area contributed by atoms with Crippen LogP contribution < -0.4 is 0 Å². The Hall–Kier alpha value is -2.60. The van der Waals surface area contributed by atoms with Gasteiger partial charge >= 0.3 is 0 Å². The zero-order valence-corrected chi connectivity index (χ0v) is 22.5. The van der Waals surface area contributed by atoms with Crippen molar-refractivity contribution >= 4 is 0 Å². The quantitative estimate of drug-likeness (QED) is 0.284. The van der Waals surface area contributed by atoms with E-state index in [1.165, 1.54) is 92.9 Å². The van der Waals surface area contributed by atoms with Gasteiger partial charge in [-0.25, -0.2) is 0 Å². The van der Waals surface area contributed by atoms with Gasteiger partial charge in [-0.1, -0.05) is 92.2 Å². The minimum Gasteiger partial charge on any atom is -0.0917 e. The highest BCUT2D eigenvalue weighted by Gasteiger charge is 2.23. The van der Waals surface area contributed by atoms with Crippen molar-refractivity contribution in [2.45, 2.75) is 96.3 Å². The van der Waals surface area contributed by atoms with Crippen molar-refractivity contribution in [1.29, 1.82) is 0 Å². The minimum absolute atomic E-state index is 0.663. The third-order valence-electron chi connectivity index (χ3n) is 8.96. The van der Waals surface area contributed by atoms with E-state index in [1.807, 2.05) is 0 Å². The van der Waals surface area contributed by atoms with E-state index in [0.717, 1.165) is 11.8 Å². The van der Waals surface area contributed by atoms with E-state index >= 15 is 0 Å². The van der Waals surface area contributed by atoms with Crippen LogP contribution in [-0.2, 0) is 19.3 Å². The molecule has 0 nitrogen and oxygen atoms in total. The van der Waals surface area contributed by atoms with Gasteiger partial charge in [0, 0.05) is 0 Å². The topological polar surface area (TPSA) is 0 Å². The minimum atomic E-state index is 0.663. The van der Waals surface area contributed by atoms with Crippen molar-refractivity contribution in [1.82, 2.24) is 0 Å².